The molecular formula is C115H137F13N12O6S. The molecule has 147 heavy (non-hydrogen) atoms. The van der Waals surface area contributed by atoms with Crippen molar-refractivity contribution in [1.82, 2.24) is 39.2 Å². The molecule has 790 valence electrons. The number of rotatable bonds is 30. The predicted octanol–water partition coefficient (Wildman–Crippen LogP) is 28.5. The van der Waals surface area contributed by atoms with Crippen molar-refractivity contribution >= 4 is 58.6 Å². The zero-order chi connectivity index (χ0) is 105. The Morgan fingerprint density at radius 3 is 1.08 bits per heavy atom. The third kappa shape index (κ3) is 33.8. The molecular weight excluding hydrogens is 1920 g/mol. The van der Waals surface area contributed by atoms with Crippen LogP contribution in [0.5, 0.6) is 11.5 Å². The number of carbonyl (C=O) groups is 4. The number of anilines is 4. The van der Waals surface area contributed by atoms with Gasteiger partial charge in [0.25, 0.3) is 11.8 Å². The van der Waals surface area contributed by atoms with Crippen molar-refractivity contribution in [3.8, 4) is 11.5 Å². The fourth-order valence-corrected chi connectivity index (χ4v) is 20.6. The van der Waals surface area contributed by atoms with E-state index in [1.54, 1.807) is 32.6 Å². The van der Waals surface area contributed by atoms with Gasteiger partial charge < -0.3 is 65.0 Å². The van der Waals surface area contributed by atoms with Gasteiger partial charge in [-0.2, -0.15) is 38.1 Å². The van der Waals surface area contributed by atoms with Crippen LogP contribution in [0.4, 0.5) is 99.0 Å². The molecule has 4 unspecified atom stereocenters. The molecule has 8 amide bonds. The summed E-state index contributed by atoms with van der Waals surface area (Å²) in [4.78, 5) is 70.4. The molecule has 16 rings (SSSR count). The van der Waals surface area contributed by atoms with Gasteiger partial charge in [0.05, 0.1) is 11.1 Å². The van der Waals surface area contributed by atoms with Crippen molar-refractivity contribution in [3.05, 3.63) is 321 Å². The quantitative estimate of drug-likeness (QED) is 0.0317. The van der Waals surface area contributed by atoms with Crippen LogP contribution < -0.4 is 30.7 Å². The molecule has 5 aliphatic heterocycles. The summed E-state index contributed by atoms with van der Waals surface area (Å²) in [6.45, 7) is 22.5. The van der Waals surface area contributed by atoms with Crippen molar-refractivity contribution in [2.75, 3.05) is 99.8 Å². The maximum atomic E-state index is 14.1. The van der Waals surface area contributed by atoms with Crippen LogP contribution in [-0.4, -0.2) is 177 Å². The van der Waals surface area contributed by atoms with Gasteiger partial charge in [-0.3, -0.25) is 4.90 Å². The highest BCUT2D eigenvalue weighted by molar-refractivity contribution is 7.99. The normalized spacial score (nSPS) is 16.9. The highest BCUT2D eigenvalue weighted by Crippen LogP contribution is 2.41. The number of piperidine rings is 4. The predicted molar refractivity (Wildman–Crippen MR) is 556 cm³/mol. The minimum atomic E-state index is -4.70. The summed E-state index contributed by atoms with van der Waals surface area (Å²) in [5.74, 6) is -6.38. The van der Waals surface area contributed by atoms with Crippen LogP contribution in [0.15, 0.2) is 243 Å². The summed E-state index contributed by atoms with van der Waals surface area (Å²) in [5, 5.41) is 11.2. The third-order valence-corrected chi connectivity index (χ3v) is 30.0. The van der Waals surface area contributed by atoms with E-state index in [9.17, 15) is 76.3 Å². The van der Waals surface area contributed by atoms with E-state index in [4.69, 9.17) is 9.47 Å². The molecule has 0 radical (unpaired) electrons. The molecule has 32 heteroatoms. The van der Waals surface area contributed by atoms with Gasteiger partial charge in [-0.25, -0.2) is 49.9 Å². The minimum absolute atomic E-state index is 0.00933. The smallest absolute Gasteiger partial charge is 0.416 e. The highest BCUT2D eigenvalue weighted by Gasteiger charge is 2.40. The van der Waals surface area contributed by atoms with Crippen LogP contribution in [-0.2, 0) is 50.4 Å². The fraction of sp³-hybridized carbons (Fsp3) is 0.443. The van der Waals surface area contributed by atoms with Crippen LogP contribution >= 0.6 is 11.8 Å². The van der Waals surface area contributed by atoms with E-state index in [0.29, 0.717) is 68.9 Å². The molecule has 6 aliphatic rings. The lowest BCUT2D eigenvalue weighted by Crippen LogP contribution is -2.51. The lowest BCUT2D eigenvalue weighted by atomic mass is 9.83. The lowest BCUT2D eigenvalue weighted by Gasteiger charge is -2.43. The number of amides is 8. The van der Waals surface area contributed by atoms with Crippen molar-refractivity contribution in [3.63, 3.8) is 0 Å². The highest BCUT2D eigenvalue weighted by atomic mass is 32.2. The Bertz CT molecular complexity index is 5830. The molecule has 18 nitrogen and oxygen atoms in total. The Morgan fingerprint density at radius 2 is 0.707 bits per heavy atom. The number of thioether (sulfide) groups is 1. The molecule has 5 heterocycles. The molecule has 4 saturated heterocycles. The average Bonchev–Trinajstić information content (AvgIpc) is 1.69. The van der Waals surface area contributed by atoms with E-state index in [0.717, 1.165) is 236 Å². The first kappa shape index (κ1) is 112. The molecule has 4 atom stereocenters. The Kier molecular flexibility index (Phi) is 40.4. The second kappa shape index (κ2) is 52.8. The fourth-order valence-electron chi connectivity index (χ4n) is 20.2. The first-order valence-electron chi connectivity index (χ1n) is 51.0. The van der Waals surface area contributed by atoms with Gasteiger partial charge in [0, 0.05) is 168 Å². The van der Waals surface area contributed by atoms with Crippen molar-refractivity contribution in [2.45, 2.75) is 243 Å². The molecule has 1 aliphatic carbocycles. The maximum Gasteiger partial charge on any atom is 0.416 e. The van der Waals surface area contributed by atoms with E-state index in [1.807, 2.05) is 151 Å². The van der Waals surface area contributed by atoms with Crippen molar-refractivity contribution in [1.29, 1.82) is 0 Å². The first-order chi connectivity index (χ1) is 70.2. The van der Waals surface area contributed by atoms with Gasteiger partial charge in [-0.1, -0.05) is 191 Å². The molecule has 0 spiro atoms. The number of fused-ring (bicyclic) bond motifs is 1. The molecule has 10 aromatic carbocycles. The second-order valence-electron chi connectivity index (χ2n) is 39.8. The van der Waals surface area contributed by atoms with Crippen molar-refractivity contribution in [2.24, 2.45) is 5.92 Å². The van der Waals surface area contributed by atoms with Crippen LogP contribution in [0.1, 0.15) is 211 Å². The number of likely N-dealkylation sites (tertiary alicyclic amines) is 4. The van der Waals surface area contributed by atoms with Crippen LogP contribution in [0, 0.1) is 30.3 Å². The Labute approximate surface area is 859 Å². The molecule has 0 bridgehead atoms. The van der Waals surface area contributed by atoms with E-state index in [-0.39, 0.29) is 59.8 Å². The van der Waals surface area contributed by atoms with Crippen LogP contribution in [0.25, 0.3) is 0 Å². The minimum Gasteiger partial charge on any atom is -0.454 e. The standard InChI is InChI=1S/C31H36F3N3O.C30H32F3N3O3.C28H35F4N3O.C26H34F3N3OS/c1-23(25-11-7-4-8-12-25)13-16-36-17-14-29(15-18-36)37(22-24-9-5-3-6-10-24)30(38)35-28-20-26(31(2,33)34)19-27(32)21-28;1-20-14-24(30(31,32)33)17-25(15-20)34-29(37)36(18-22-6-4-3-5-7-22)26-10-12-35(13-11-26)21(2)23-8-9-27-28(16-23)39-19-38-27;1-20(22-10-6-3-7-11-22)34-14-12-26(13-15-34)35(19-21-8-4-2-5-9-21)27(36)33-25-17-23(28(30,31)32)16-24(29)18-25;1-19(34-3)9-12-31-13-10-24(11-14-31)32(18-20-7-5-4-6-8-20)25(33)30-23-16-21(26(2,28)29)15-22(27)17-23/h3-12,19-21,23,29H,13-18,22H2,1-2H3,(H,35,38);3-9,14-17,21,26H,10-13,18-19H2,1-2H3,(H,34,37);2,4-5,8-9,16-18,20,22,26H,3,6-7,10-15,19H2,1H3,(H,33,36);4-8,15-17,19,24H,9-14,18H2,1-3H3,(H,30,33). The molecule has 0 aromatic heterocycles. The van der Waals surface area contributed by atoms with E-state index < -0.39 is 88.0 Å². The largest absolute Gasteiger partial charge is 0.454 e. The summed E-state index contributed by atoms with van der Waals surface area (Å²) in [5.41, 5.74) is 3.90. The summed E-state index contributed by atoms with van der Waals surface area (Å²) in [6.07, 6.45) is 7.93. The monoisotopic (exact) mass is 2060 g/mol. The number of carbonyl (C=O) groups excluding carboxylic acids is 4. The van der Waals surface area contributed by atoms with Gasteiger partial charge in [0.15, 0.2) is 11.5 Å². The Hall–Kier alpha value is -11.8. The number of alkyl halides is 10. The number of hydrogen-bond acceptors (Lipinski definition) is 11. The van der Waals surface area contributed by atoms with E-state index in [2.05, 4.69) is 105 Å². The van der Waals surface area contributed by atoms with E-state index in [1.165, 1.54) is 37.7 Å². The van der Waals surface area contributed by atoms with Gasteiger partial charge in [0.2, 0.25) is 6.79 Å². The summed E-state index contributed by atoms with van der Waals surface area (Å²) >= 11 is 1.87. The summed E-state index contributed by atoms with van der Waals surface area (Å²) < 4.78 is 188. The van der Waals surface area contributed by atoms with Crippen LogP contribution in [0.2, 0.25) is 0 Å². The molecule has 5 fully saturated rings. The summed E-state index contributed by atoms with van der Waals surface area (Å²) in [7, 11) is 0. The molecule has 1 saturated carbocycles. The maximum absolute atomic E-state index is 14.1. The van der Waals surface area contributed by atoms with Gasteiger partial charge in [0.1, 0.15) is 17.5 Å². The van der Waals surface area contributed by atoms with Gasteiger partial charge in [-0.05, 0) is 253 Å². The number of ether oxygens (including phenoxy) is 2. The number of urea groups is 4. The number of halogens is 13. The number of nitrogens with one attached hydrogen (secondary N) is 4. The zero-order valence-electron chi connectivity index (χ0n) is 84.9. The lowest BCUT2D eigenvalue weighted by molar-refractivity contribution is -0.138. The number of hydrogen-bond donors (Lipinski definition) is 4. The zero-order valence-corrected chi connectivity index (χ0v) is 85.7. The average molecular weight is 2060 g/mol. The molecule has 4 N–H and O–H groups in total. The Balaban J connectivity index is 0.000000164. The Morgan fingerprint density at radius 1 is 0.374 bits per heavy atom. The van der Waals surface area contributed by atoms with Crippen LogP contribution in [0.3, 0.4) is 0 Å². The number of benzene rings is 10. The third-order valence-electron chi connectivity index (χ3n) is 29.0. The summed E-state index contributed by atoms with van der Waals surface area (Å²) in [6, 6.07) is 65.6. The van der Waals surface area contributed by atoms with Gasteiger partial charge >= 0.3 is 36.5 Å². The molecule has 10 aromatic rings. The first-order valence-corrected chi connectivity index (χ1v) is 52.3. The van der Waals surface area contributed by atoms with Gasteiger partial charge in [-0.15, -0.1) is 0 Å². The number of nitrogens with zero attached hydrogens (tertiary/aromatic N) is 8. The second-order valence-corrected chi connectivity index (χ2v) is 41.0. The van der Waals surface area contributed by atoms with Crippen molar-refractivity contribution < 1.29 is 85.7 Å². The SMILES string of the molecule is CC(C1CCCCC1)N1CCC(N(Cc2ccccc2)C(=O)Nc2cc(F)cc(C(F)(F)F)c2)CC1.CC(CCN1CCC(N(Cc2ccccc2)C(=O)Nc2cc(F)cc(C(C)(F)F)c2)CC1)c1ccccc1.CSC(C)CCN1CCC(N(Cc2ccccc2)C(=O)Nc2cc(F)cc(C(C)(F)F)c2)CC1.Cc1cc(NC(=O)N(Cc2ccccc2)C2CCN(C(C)c3ccc4c(c3)OCO4)CC2)cc(C(F)(F)F)c1. The topological polar surface area (TPSA) is 161 Å². The number of aryl methyl sites for hydroxylation is 1. The van der Waals surface area contributed by atoms with E-state index >= 15 is 0 Å².